The fourth-order valence-electron chi connectivity index (χ4n) is 3.04. The molecule has 0 aromatic carbocycles. The Morgan fingerprint density at radius 3 is 2.63 bits per heavy atom. The zero-order valence-corrected chi connectivity index (χ0v) is 15.3. The summed E-state index contributed by atoms with van der Waals surface area (Å²) in [5.74, 6) is -0.495. The second-order valence-corrected chi connectivity index (χ2v) is 6.58. The normalized spacial score (nSPS) is 13.6. The average Bonchev–Trinajstić information content (AvgIpc) is 2.73. The van der Waals surface area contributed by atoms with Crippen molar-refractivity contribution in [3.8, 4) is 0 Å². The molecule has 140 valence electrons. The minimum Gasteiger partial charge on any atom is -0.350 e. The predicted molar refractivity (Wildman–Crippen MR) is 103 cm³/mol. The lowest BCUT2D eigenvalue weighted by Crippen LogP contribution is -2.27. The predicted octanol–water partition coefficient (Wildman–Crippen LogP) is 3.03. The number of carbonyl (C=O) groups excluding carboxylic acids is 2. The van der Waals surface area contributed by atoms with Crippen molar-refractivity contribution in [3.63, 3.8) is 0 Å². The lowest BCUT2D eigenvalue weighted by Gasteiger charge is -2.13. The third-order valence-electron chi connectivity index (χ3n) is 4.57. The number of nitrogens with zero attached hydrogens (tertiary/aromatic N) is 2. The molecule has 1 aliphatic rings. The van der Waals surface area contributed by atoms with Gasteiger partial charge < -0.3 is 10.6 Å². The lowest BCUT2D eigenvalue weighted by atomic mass is 9.97. The lowest BCUT2D eigenvalue weighted by molar-refractivity contribution is 0.0949. The molecule has 0 fully saturated rings. The molecule has 0 spiro atoms. The second kappa shape index (κ2) is 9.62. The van der Waals surface area contributed by atoms with Gasteiger partial charge in [0.1, 0.15) is 5.69 Å². The highest BCUT2D eigenvalue weighted by molar-refractivity contribution is 5.98. The monoisotopic (exact) mass is 364 g/mol. The Kier molecular flexibility index (Phi) is 6.68. The SMILES string of the molecule is O=C(NCc1ccncc1)c1ccnc(C(=O)NCCC2=CCCCC2)c1. The Morgan fingerprint density at radius 2 is 1.85 bits per heavy atom. The summed E-state index contributed by atoms with van der Waals surface area (Å²) in [4.78, 5) is 32.7. The van der Waals surface area contributed by atoms with E-state index in [4.69, 9.17) is 0 Å². The molecule has 6 heteroatoms. The topological polar surface area (TPSA) is 84.0 Å². The van der Waals surface area contributed by atoms with Crippen LogP contribution >= 0.6 is 0 Å². The zero-order chi connectivity index (χ0) is 18.9. The molecule has 2 heterocycles. The van der Waals surface area contributed by atoms with Crippen molar-refractivity contribution in [2.45, 2.75) is 38.6 Å². The van der Waals surface area contributed by atoms with E-state index in [-0.39, 0.29) is 17.5 Å². The van der Waals surface area contributed by atoms with Crippen LogP contribution in [-0.4, -0.2) is 28.3 Å². The quantitative estimate of drug-likeness (QED) is 0.740. The van der Waals surface area contributed by atoms with Crippen LogP contribution in [0.4, 0.5) is 0 Å². The third kappa shape index (κ3) is 5.74. The molecular formula is C21H24N4O2. The van der Waals surface area contributed by atoms with Gasteiger partial charge in [-0.2, -0.15) is 0 Å². The van der Waals surface area contributed by atoms with E-state index < -0.39 is 0 Å². The zero-order valence-electron chi connectivity index (χ0n) is 15.3. The van der Waals surface area contributed by atoms with Gasteiger partial charge >= 0.3 is 0 Å². The first-order valence-electron chi connectivity index (χ1n) is 9.31. The van der Waals surface area contributed by atoms with Crippen molar-refractivity contribution in [1.82, 2.24) is 20.6 Å². The van der Waals surface area contributed by atoms with E-state index in [1.54, 1.807) is 18.5 Å². The van der Waals surface area contributed by atoms with Gasteiger partial charge in [-0.15, -0.1) is 0 Å². The van der Waals surface area contributed by atoms with Gasteiger partial charge in [-0.1, -0.05) is 11.6 Å². The summed E-state index contributed by atoms with van der Waals surface area (Å²) in [7, 11) is 0. The third-order valence-corrected chi connectivity index (χ3v) is 4.57. The number of allylic oxidation sites excluding steroid dienone is 1. The molecule has 2 amide bonds. The van der Waals surface area contributed by atoms with E-state index in [0.29, 0.717) is 18.7 Å². The molecule has 2 aromatic rings. The highest BCUT2D eigenvalue weighted by Crippen LogP contribution is 2.19. The maximum atomic E-state index is 12.3. The molecule has 27 heavy (non-hydrogen) atoms. The van der Waals surface area contributed by atoms with Crippen LogP contribution in [0.5, 0.6) is 0 Å². The van der Waals surface area contributed by atoms with Crippen molar-refractivity contribution < 1.29 is 9.59 Å². The Hall–Kier alpha value is -3.02. The molecule has 0 atom stereocenters. The Labute approximate surface area is 159 Å². The van der Waals surface area contributed by atoms with Crippen molar-refractivity contribution in [2.75, 3.05) is 6.54 Å². The standard InChI is InChI=1S/C21H24N4O2/c26-20(25-15-17-6-10-22-11-7-17)18-9-13-23-19(14-18)21(27)24-12-8-16-4-2-1-3-5-16/h4,6-7,9-11,13-14H,1-3,5,8,12,15H2,(H,24,27)(H,25,26). The molecule has 2 N–H and O–H groups in total. The first-order valence-corrected chi connectivity index (χ1v) is 9.31. The fraction of sp³-hybridized carbons (Fsp3) is 0.333. The molecule has 0 saturated heterocycles. The van der Waals surface area contributed by atoms with Crippen LogP contribution in [-0.2, 0) is 6.54 Å². The van der Waals surface area contributed by atoms with Gasteiger partial charge in [0.15, 0.2) is 0 Å². The Balaban J connectivity index is 1.51. The van der Waals surface area contributed by atoms with Crippen LogP contribution in [0.25, 0.3) is 0 Å². The average molecular weight is 364 g/mol. The second-order valence-electron chi connectivity index (χ2n) is 6.58. The van der Waals surface area contributed by atoms with Gasteiger partial charge in [-0.05, 0) is 61.9 Å². The molecule has 0 radical (unpaired) electrons. The van der Waals surface area contributed by atoms with Crippen LogP contribution in [0.1, 0.15) is 58.5 Å². The van der Waals surface area contributed by atoms with Gasteiger partial charge in [0.25, 0.3) is 11.8 Å². The van der Waals surface area contributed by atoms with E-state index in [2.05, 4.69) is 26.7 Å². The summed E-state index contributed by atoms with van der Waals surface area (Å²) in [6.07, 6.45) is 12.8. The van der Waals surface area contributed by atoms with Crippen LogP contribution in [0.3, 0.4) is 0 Å². The number of pyridine rings is 2. The summed E-state index contributed by atoms with van der Waals surface area (Å²) in [5, 5.41) is 5.72. The van der Waals surface area contributed by atoms with E-state index in [9.17, 15) is 9.59 Å². The van der Waals surface area contributed by atoms with Crippen molar-refractivity contribution in [1.29, 1.82) is 0 Å². The number of carbonyl (C=O) groups is 2. The number of aromatic nitrogens is 2. The summed E-state index contributed by atoms with van der Waals surface area (Å²) in [5.41, 5.74) is 3.05. The van der Waals surface area contributed by atoms with Crippen molar-refractivity contribution in [3.05, 3.63) is 71.3 Å². The number of amides is 2. The number of rotatable bonds is 7. The van der Waals surface area contributed by atoms with Gasteiger partial charge in [-0.3, -0.25) is 19.6 Å². The van der Waals surface area contributed by atoms with Gasteiger partial charge in [0.05, 0.1) is 0 Å². The fourth-order valence-corrected chi connectivity index (χ4v) is 3.04. The minimum absolute atomic E-state index is 0.240. The van der Waals surface area contributed by atoms with Crippen LogP contribution in [0.2, 0.25) is 0 Å². The first kappa shape index (κ1) is 18.8. The molecule has 0 bridgehead atoms. The molecular weight excluding hydrogens is 340 g/mol. The summed E-state index contributed by atoms with van der Waals surface area (Å²) in [6, 6.07) is 6.81. The maximum Gasteiger partial charge on any atom is 0.269 e. The van der Waals surface area contributed by atoms with Crippen LogP contribution in [0.15, 0.2) is 54.5 Å². The largest absolute Gasteiger partial charge is 0.350 e. The number of hydrogen-bond donors (Lipinski definition) is 2. The summed E-state index contributed by atoms with van der Waals surface area (Å²) < 4.78 is 0. The molecule has 6 nitrogen and oxygen atoms in total. The number of nitrogens with one attached hydrogen (secondary N) is 2. The van der Waals surface area contributed by atoms with Crippen LogP contribution in [0, 0.1) is 0 Å². The molecule has 0 unspecified atom stereocenters. The molecule has 3 rings (SSSR count). The summed E-state index contributed by atoms with van der Waals surface area (Å²) in [6.45, 7) is 0.991. The van der Waals surface area contributed by atoms with Gasteiger partial charge in [0.2, 0.25) is 0 Å². The van der Waals surface area contributed by atoms with Gasteiger partial charge in [0, 0.05) is 37.2 Å². The minimum atomic E-state index is -0.254. The van der Waals surface area contributed by atoms with Crippen molar-refractivity contribution in [2.24, 2.45) is 0 Å². The Morgan fingerprint density at radius 1 is 1.00 bits per heavy atom. The highest BCUT2D eigenvalue weighted by Gasteiger charge is 2.12. The molecule has 2 aromatic heterocycles. The maximum absolute atomic E-state index is 12.3. The van der Waals surface area contributed by atoms with E-state index in [1.807, 2.05) is 12.1 Å². The smallest absolute Gasteiger partial charge is 0.269 e. The van der Waals surface area contributed by atoms with E-state index >= 15 is 0 Å². The molecule has 0 aliphatic heterocycles. The molecule has 1 aliphatic carbocycles. The van der Waals surface area contributed by atoms with Gasteiger partial charge in [-0.25, -0.2) is 0 Å². The Bertz CT molecular complexity index is 818. The number of hydrogen-bond acceptors (Lipinski definition) is 4. The van der Waals surface area contributed by atoms with E-state index in [1.165, 1.54) is 30.7 Å². The van der Waals surface area contributed by atoms with Crippen LogP contribution < -0.4 is 10.6 Å². The van der Waals surface area contributed by atoms with Crippen molar-refractivity contribution >= 4 is 11.8 Å². The highest BCUT2D eigenvalue weighted by atomic mass is 16.2. The first-order chi connectivity index (χ1) is 13.2. The van der Waals surface area contributed by atoms with E-state index in [0.717, 1.165) is 24.8 Å². The molecule has 0 saturated carbocycles. The summed E-state index contributed by atoms with van der Waals surface area (Å²) >= 11 is 0.